The summed E-state index contributed by atoms with van der Waals surface area (Å²) >= 11 is 0. The number of ether oxygens (including phenoxy) is 1. The van der Waals surface area contributed by atoms with Gasteiger partial charge >= 0.3 is 0 Å². The number of benzene rings is 1. The molecule has 1 unspecified atom stereocenters. The van der Waals surface area contributed by atoms with E-state index in [0.717, 1.165) is 0 Å². The smallest absolute Gasteiger partial charge is 0.271 e. The third kappa shape index (κ3) is 2.39. The summed E-state index contributed by atoms with van der Waals surface area (Å²) in [5.74, 6) is 0.418. The number of nitrogens with two attached hydrogens (primary N) is 1. The average molecular weight is 275 g/mol. The maximum Gasteiger partial charge on any atom is 0.271 e. The molecule has 8 nitrogen and oxygen atoms in total. The minimum Gasteiger partial charge on any atom is -0.481 e. The van der Waals surface area contributed by atoms with Crippen LogP contribution in [0.2, 0.25) is 0 Å². The molecule has 1 heterocycles. The van der Waals surface area contributed by atoms with Crippen molar-refractivity contribution in [1.29, 1.82) is 5.26 Å². The highest BCUT2D eigenvalue weighted by molar-refractivity contribution is 5.86. The molecule has 0 bridgehead atoms. The van der Waals surface area contributed by atoms with E-state index in [9.17, 15) is 10.1 Å². The van der Waals surface area contributed by atoms with E-state index in [1.165, 1.54) is 23.9 Å². The maximum atomic E-state index is 10.8. The van der Waals surface area contributed by atoms with Crippen LogP contribution < -0.4 is 10.5 Å². The van der Waals surface area contributed by atoms with Crippen molar-refractivity contribution >= 4 is 16.6 Å². The maximum absolute atomic E-state index is 10.8. The molecule has 0 spiro atoms. The number of nitro benzene ring substituents is 1. The summed E-state index contributed by atoms with van der Waals surface area (Å²) in [4.78, 5) is 10.3. The first-order valence-corrected chi connectivity index (χ1v) is 5.77. The molecule has 0 aliphatic carbocycles. The summed E-state index contributed by atoms with van der Waals surface area (Å²) < 4.78 is 6.70. The minimum atomic E-state index is -1.11. The van der Waals surface area contributed by atoms with Crippen LogP contribution >= 0.6 is 0 Å². The quantitative estimate of drug-likeness (QED) is 0.661. The van der Waals surface area contributed by atoms with E-state index in [4.69, 9.17) is 15.7 Å². The number of aromatic nitrogens is 2. The largest absolute Gasteiger partial charge is 0.481 e. The third-order valence-electron chi connectivity index (χ3n) is 2.81. The van der Waals surface area contributed by atoms with E-state index in [1.54, 1.807) is 13.0 Å². The Labute approximate surface area is 114 Å². The Kier molecular flexibility index (Phi) is 3.29. The first-order valence-electron chi connectivity index (χ1n) is 5.77. The molecule has 2 aromatic rings. The predicted molar refractivity (Wildman–Crippen MR) is 71.1 cm³/mol. The van der Waals surface area contributed by atoms with Gasteiger partial charge in [-0.05, 0) is 13.0 Å². The summed E-state index contributed by atoms with van der Waals surface area (Å²) in [6.07, 6.45) is 0. The van der Waals surface area contributed by atoms with Gasteiger partial charge in [0.05, 0.1) is 30.0 Å². The molecule has 0 radical (unpaired) electrons. The summed E-state index contributed by atoms with van der Waals surface area (Å²) in [7, 11) is 1.47. The van der Waals surface area contributed by atoms with Crippen LogP contribution in [0.4, 0.5) is 5.69 Å². The molecular weight excluding hydrogens is 262 g/mol. The Morgan fingerprint density at radius 1 is 1.65 bits per heavy atom. The normalized spacial score (nSPS) is 13.7. The van der Waals surface area contributed by atoms with Crippen molar-refractivity contribution in [3.05, 3.63) is 28.3 Å². The Bertz CT molecular complexity index is 714. The number of nitrogens with zero attached hydrogens (tertiary/aromatic N) is 4. The van der Waals surface area contributed by atoms with Crippen molar-refractivity contribution in [2.24, 2.45) is 5.73 Å². The highest BCUT2D eigenvalue weighted by Crippen LogP contribution is 2.29. The molecule has 0 aliphatic heterocycles. The van der Waals surface area contributed by atoms with Crippen LogP contribution in [0.5, 0.6) is 5.88 Å². The second kappa shape index (κ2) is 4.79. The first kappa shape index (κ1) is 13.8. The van der Waals surface area contributed by atoms with Crippen LogP contribution in [-0.4, -0.2) is 27.4 Å². The Hall–Kier alpha value is -2.66. The molecule has 0 amide bonds. The summed E-state index contributed by atoms with van der Waals surface area (Å²) in [6, 6.07) is 6.27. The van der Waals surface area contributed by atoms with Crippen molar-refractivity contribution in [2.75, 3.05) is 7.11 Å². The van der Waals surface area contributed by atoms with E-state index in [1.807, 2.05) is 6.07 Å². The number of hydrogen-bond acceptors (Lipinski definition) is 6. The molecule has 0 saturated carbocycles. The summed E-state index contributed by atoms with van der Waals surface area (Å²) in [6.45, 7) is 1.69. The van der Waals surface area contributed by atoms with Gasteiger partial charge in [0.25, 0.3) is 5.69 Å². The van der Waals surface area contributed by atoms with E-state index in [2.05, 4.69) is 5.10 Å². The molecule has 8 heteroatoms. The molecule has 1 aromatic carbocycles. The van der Waals surface area contributed by atoms with Gasteiger partial charge in [0.1, 0.15) is 11.1 Å². The van der Waals surface area contributed by atoms with Gasteiger partial charge in [0, 0.05) is 12.1 Å². The molecular formula is C12H13N5O3. The minimum absolute atomic E-state index is 0.0550. The van der Waals surface area contributed by atoms with Crippen molar-refractivity contribution in [1.82, 2.24) is 9.78 Å². The van der Waals surface area contributed by atoms with Crippen LogP contribution in [-0.2, 0) is 6.54 Å². The van der Waals surface area contributed by atoms with Gasteiger partial charge in [-0.3, -0.25) is 10.1 Å². The van der Waals surface area contributed by atoms with Gasteiger partial charge in [0.2, 0.25) is 5.88 Å². The fraction of sp³-hybridized carbons (Fsp3) is 0.333. The molecule has 0 fully saturated rings. The van der Waals surface area contributed by atoms with Crippen LogP contribution in [0.3, 0.4) is 0 Å². The van der Waals surface area contributed by atoms with Crippen molar-refractivity contribution < 1.29 is 9.66 Å². The van der Waals surface area contributed by atoms with Gasteiger partial charge in [-0.1, -0.05) is 0 Å². The number of hydrogen-bond donors (Lipinski definition) is 1. The van der Waals surface area contributed by atoms with Crippen molar-refractivity contribution in [3.8, 4) is 11.9 Å². The first-order chi connectivity index (χ1) is 9.38. The van der Waals surface area contributed by atoms with Gasteiger partial charge in [-0.2, -0.15) is 10.4 Å². The standard InChI is InChI=1S/C12H13N5O3/c1-12(14,6-13)7-16-11(20-2)9-4-3-8(17(18)19)5-10(9)15-16/h3-5H,7,14H2,1-2H3. The summed E-state index contributed by atoms with van der Waals surface area (Å²) in [5, 5.41) is 24.6. The van der Waals surface area contributed by atoms with E-state index >= 15 is 0 Å². The Balaban J connectivity index is 2.56. The second-order valence-corrected chi connectivity index (χ2v) is 4.65. The average Bonchev–Trinajstić information content (AvgIpc) is 2.73. The monoisotopic (exact) mass is 275 g/mol. The van der Waals surface area contributed by atoms with E-state index in [-0.39, 0.29) is 12.2 Å². The van der Waals surface area contributed by atoms with Gasteiger partial charge in [-0.25, -0.2) is 4.68 Å². The second-order valence-electron chi connectivity index (χ2n) is 4.65. The highest BCUT2D eigenvalue weighted by atomic mass is 16.6. The molecule has 1 aromatic heterocycles. The number of methoxy groups -OCH3 is 1. The molecule has 2 rings (SSSR count). The van der Waals surface area contributed by atoms with E-state index < -0.39 is 10.5 Å². The fourth-order valence-electron chi connectivity index (χ4n) is 1.88. The highest BCUT2D eigenvalue weighted by Gasteiger charge is 2.23. The molecule has 0 saturated heterocycles. The van der Waals surface area contributed by atoms with Crippen molar-refractivity contribution in [3.63, 3.8) is 0 Å². The zero-order valence-corrected chi connectivity index (χ0v) is 11.0. The van der Waals surface area contributed by atoms with Crippen LogP contribution in [0, 0.1) is 21.4 Å². The van der Waals surface area contributed by atoms with E-state index in [0.29, 0.717) is 16.8 Å². The van der Waals surface area contributed by atoms with Gasteiger partial charge < -0.3 is 10.5 Å². The fourth-order valence-corrected chi connectivity index (χ4v) is 1.88. The zero-order chi connectivity index (χ0) is 14.9. The lowest BCUT2D eigenvalue weighted by Gasteiger charge is -2.16. The molecule has 1 atom stereocenters. The number of nitriles is 1. The third-order valence-corrected chi connectivity index (χ3v) is 2.81. The summed E-state index contributed by atoms with van der Waals surface area (Å²) in [5.41, 5.74) is 5.04. The molecule has 2 N–H and O–H groups in total. The predicted octanol–water partition coefficient (Wildman–Crippen LogP) is 1.19. The van der Waals surface area contributed by atoms with Crippen molar-refractivity contribution in [2.45, 2.75) is 19.0 Å². The molecule has 20 heavy (non-hydrogen) atoms. The number of non-ortho nitro benzene ring substituents is 1. The van der Waals surface area contributed by atoms with Gasteiger partial charge in [0.15, 0.2) is 0 Å². The zero-order valence-electron chi connectivity index (χ0n) is 11.0. The lowest BCUT2D eigenvalue weighted by molar-refractivity contribution is -0.384. The van der Waals surface area contributed by atoms with Crippen LogP contribution in [0.1, 0.15) is 6.92 Å². The number of nitro groups is 1. The lowest BCUT2D eigenvalue weighted by Crippen LogP contribution is -2.39. The molecule has 0 aliphatic rings. The number of fused-ring (bicyclic) bond motifs is 1. The van der Waals surface area contributed by atoms with Crippen LogP contribution in [0.15, 0.2) is 18.2 Å². The van der Waals surface area contributed by atoms with Gasteiger partial charge in [-0.15, -0.1) is 0 Å². The lowest BCUT2D eigenvalue weighted by atomic mass is 10.1. The Morgan fingerprint density at radius 2 is 2.35 bits per heavy atom. The topological polar surface area (TPSA) is 120 Å². The SMILES string of the molecule is COc1c2ccc([N+](=O)[O-])cc2nn1CC(C)(N)C#N. The van der Waals surface area contributed by atoms with Crippen LogP contribution in [0.25, 0.3) is 10.9 Å². The number of rotatable bonds is 4. The Morgan fingerprint density at radius 3 is 2.90 bits per heavy atom. The molecule has 104 valence electrons.